The normalized spacial score (nSPS) is 11.3. The minimum atomic E-state index is -0.444. The predicted molar refractivity (Wildman–Crippen MR) is 104 cm³/mol. The van der Waals surface area contributed by atoms with E-state index in [4.69, 9.17) is 4.74 Å². The van der Waals surface area contributed by atoms with Gasteiger partial charge in [0.25, 0.3) is 0 Å². The van der Waals surface area contributed by atoms with Crippen LogP contribution in [0.2, 0.25) is 0 Å². The summed E-state index contributed by atoms with van der Waals surface area (Å²) < 4.78 is 5.22. The molecule has 2 heteroatoms. The van der Waals surface area contributed by atoms with Crippen molar-refractivity contribution in [2.75, 3.05) is 7.11 Å². The average Bonchev–Trinajstić information content (AvgIpc) is 2.62. The molecule has 0 heterocycles. The van der Waals surface area contributed by atoms with Crippen LogP contribution in [0.15, 0.2) is 66.7 Å². The zero-order valence-corrected chi connectivity index (χ0v) is 14.9. The number of hydrogen-bond donors (Lipinski definition) is 1. The molecular formula is C23H26O2. The molecule has 0 saturated heterocycles. The first kappa shape index (κ1) is 18.8. The van der Waals surface area contributed by atoms with Crippen LogP contribution < -0.4 is 4.74 Å². The van der Waals surface area contributed by atoms with Crippen molar-refractivity contribution < 1.29 is 9.84 Å². The lowest BCUT2D eigenvalue weighted by Crippen LogP contribution is -2.07. The fourth-order valence-corrected chi connectivity index (χ4v) is 2.68. The van der Waals surface area contributed by atoms with Gasteiger partial charge in [-0.3, -0.25) is 0 Å². The van der Waals surface area contributed by atoms with E-state index in [-0.39, 0.29) is 0 Å². The van der Waals surface area contributed by atoms with E-state index in [1.165, 1.54) is 11.1 Å². The van der Waals surface area contributed by atoms with Crippen molar-refractivity contribution >= 4 is 0 Å². The monoisotopic (exact) mass is 334 g/mol. The summed E-state index contributed by atoms with van der Waals surface area (Å²) >= 11 is 0. The van der Waals surface area contributed by atoms with E-state index in [1.807, 2.05) is 36.4 Å². The molecule has 0 aromatic heterocycles. The summed E-state index contributed by atoms with van der Waals surface area (Å²) in [5.41, 5.74) is 3.48. The summed E-state index contributed by atoms with van der Waals surface area (Å²) in [5.74, 6) is 7.10. The van der Waals surface area contributed by atoms with Crippen molar-refractivity contribution in [2.45, 2.75) is 38.2 Å². The van der Waals surface area contributed by atoms with Crippen LogP contribution in [-0.4, -0.2) is 18.3 Å². The molecule has 2 rings (SSSR count). The van der Waals surface area contributed by atoms with Crippen molar-refractivity contribution in [1.82, 2.24) is 0 Å². The third-order valence-corrected chi connectivity index (χ3v) is 3.96. The number of aryl methyl sites for hydroxylation is 1. The van der Waals surface area contributed by atoms with E-state index in [1.54, 1.807) is 7.11 Å². The second kappa shape index (κ2) is 10.4. The van der Waals surface area contributed by atoms with E-state index in [0.29, 0.717) is 12.8 Å². The first-order chi connectivity index (χ1) is 12.2. The van der Waals surface area contributed by atoms with E-state index in [9.17, 15) is 5.11 Å². The van der Waals surface area contributed by atoms with Crippen molar-refractivity contribution in [3.8, 4) is 17.6 Å². The zero-order valence-electron chi connectivity index (χ0n) is 14.9. The molecule has 0 fully saturated rings. The van der Waals surface area contributed by atoms with Crippen LogP contribution in [-0.2, 0) is 12.8 Å². The summed E-state index contributed by atoms with van der Waals surface area (Å²) in [6.45, 7) is 4.07. The van der Waals surface area contributed by atoms with Gasteiger partial charge >= 0.3 is 0 Å². The Hall–Kier alpha value is -2.50. The van der Waals surface area contributed by atoms with Crippen LogP contribution in [0.3, 0.4) is 0 Å². The van der Waals surface area contributed by atoms with E-state index in [0.717, 1.165) is 30.6 Å². The maximum Gasteiger partial charge on any atom is 0.119 e. The maximum absolute atomic E-state index is 10.1. The Bertz CT molecular complexity index is 723. The zero-order chi connectivity index (χ0) is 17.9. The van der Waals surface area contributed by atoms with Gasteiger partial charge in [0.15, 0.2) is 0 Å². The molecule has 0 saturated carbocycles. The number of ether oxygens (including phenoxy) is 1. The molecule has 0 amide bonds. The molecule has 0 aliphatic rings. The highest BCUT2D eigenvalue weighted by Crippen LogP contribution is 2.14. The largest absolute Gasteiger partial charge is 0.497 e. The van der Waals surface area contributed by atoms with Crippen LogP contribution in [0.5, 0.6) is 5.75 Å². The number of rotatable bonds is 8. The van der Waals surface area contributed by atoms with Gasteiger partial charge in [-0.15, -0.1) is 11.8 Å². The third kappa shape index (κ3) is 7.28. The molecule has 0 radical (unpaired) electrons. The third-order valence-electron chi connectivity index (χ3n) is 3.96. The number of hydrogen-bond acceptors (Lipinski definition) is 2. The number of aliphatic hydroxyl groups excluding tert-OH is 1. The molecule has 1 atom stereocenters. The highest BCUT2D eigenvalue weighted by Gasteiger charge is 2.05. The fourth-order valence-electron chi connectivity index (χ4n) is 2.68. The van der Waals surface area contributed by atoms with Gasteiger partial charge in [0.05, 0.1) is 13.2 Å². The molecular weight excluding hydrogens is 308 g/mol. The molecule has 0 aliphatic carbocycles. The van der Waals surface area contributed by atoms with Gasteiger partial charge in [0.1, 0.15) is 5.75 Å². The molecule has 1 N–H and O–H groups in total. The van der Waals surface area contributed by atoms with Crippen LogP contribution in [0, 0.1) is 11.8 Å². The molecule has 0 unspecified atom stereocenters. The highest BCUT2D eigenvalue weighted by molar-refractivity contribution is 5.29. The second-order valence-electron chi connectivity index (χ2n) is 6.18. The van der Waals surface area contributed by atoms with Gasteiger partial charge in [-0.05, 0) is 42.5 Å². The number of benzene rings is 2. The Morgan fingerprint density at radius 2 is 1.84 bits per heavy atom. The molecule has 2 aromatic rings. The summed E-state index contributed by atoms with van der Waals surface area (Å²) in [4.78, 5) is 0. The highest BCUT2D eigenvalue weighted by atomic mass is 16.5. The quantitative estimate of drug-likeness (QED) is 0.566. The fraction of sp³-hybridized carbons (Fsp3) is 0.304. The van der Waals surface area contributed by atoms with Crippen molar-refractivity contribution in [2.24, 2.45) is 0 Å². The van der Waals surface area contributed by atoms with Crippen molar-refractivity contribution in [1.29, 1.82) is 0 Å². The van der Waals surface area contributed by atoms with Gasteiger partial charge in [-0.2, -0.15) is 0 Å². The van der Waals surface area contributed by atoms with Gasteiger partial charge < -0.3 is 9.84 Å². The Balaban J connectivity index is 1.68. The van der Waals surface area contributed by atoms with Gasteiger partial charge in [-0.25, -0.2) is 0 Å². The molecule has 2 nitrogen and oxygen atoms in total. The molecule has 25 heavy (non-hydrogen) atoms. The first-order valence-corrected chi connectivity index (χ1v) is 8.64. The lowest BCUT2D eigenvalue weighted by Gasteiger charge is -2.10. The Kier molecular flexibility index (Phi) is 7.82. The van der Waals surface area contributed by atoms with E-state index < -0.39 is 6.10 Å². The van der Waals surface area contributed by atoms with Gasteiger partial charge in [0, 0.05) is 12.8 Å². The average molecular weight is 334 g/mol. The summed E-state index contributed by atoms with van der Waals surface area (Å²) in [5, 5.41) is 10.1. The Morgan fingerprint density at radius 1 is 1.08 bits per heavy atom. The van der Waals surface area contributed by atoms with E-state index >= 15 is 0 Å². The second-order valence-corrected chi connectivity index (χ2v) is 6.18. The minimum absolute atomic E-state index is 0.444. The predicted octanol–water partition coefficient (Wildman–Crippen LogP) is 4.57. The lowest BCUT2D eigenvalue weighted by atomic mass is 10.0. The maximum atomic E-state index is 10.1. The summed E-state index contributed by atoms with van der Waals surface area (Å²) in [6.07, 6.45) is 3.12. The topological polar surface area (TPSA) is 29.5 Å². The minimum Gasteiger partial charge on any atom is -0.497 e. The van der Waals surface area contributed by atoms with E-state index in [2.05, 4.69) is 36.6 Å². The Labute approximate surface area is 151 Å². The van der Waals surface area contributed by atoms with Crippen LogP contribution in [0.1, 0.15) is 30.4 Å². The Morgan fingerprint density at radius 3 is 2.60 bits per heavy atom. The standard InChI is InChI=1S/C23H26O2/c1-19(16-20-10-5-3-6-11-20)17-22(24)14-8-4-7-12-21-13-9-15-23(18-21)25-2/h3,5-6,9-11,13,15,18,22,24H,1,7,12,14,16-17H2,2H3/t22-/m0/s1. The number of aliphatic hydroxyl groups is 1. The van der Waals surface area contributed by atoms with Crippen LogP contribution >= 0.6 is 0 Å². The molecule has 0 aliphatic heterocycles. The lowest BCUT2D eigenvalue weighted by molar-refractivity contribution is 0.180. The van der Waals surface area contributed by atoms with Crippen LogP contribution in [0.25, 0.3) is 0 Å². The van der Waals surface area contributed by atoms with Gasteiger partial charge in [0.2, 0.25) is 0 Å². The van der Waals surface area contributed by atoms with Crippen LogP contribution in [0.4, 0.5) is 0 Å². The number of methoxy groups -OCH3 is 1. The summed E-state index contributed by atoms with van der Waals surface area (Å²) in [7, 11) is 1.67. The SMILES string of the molecule is C=C(Cc1ccccc1)C[C@@H](O)CC#CCCc1cccc(OC)c1. The molecule has 0 spiro atoms. The first-order valence-electron chi connectivity index (χ1n) is 8.64. The van der Waals surface area contributed by atoms with Crippen molar-refractivity contribution in [3.63, 3.8) is 0 Å². The molecule has 0 bridgehead atoms. The summed E-state index contributed by atoms with van der Waals surface area (Å²) in [6, 6.07) is 18.2. The van der Waals surface area contributed by atoms with Crippen molar-refractivity contribution in [3.05, 3.63) is 77.9 Å². The molecule has 2 aromatic carbocycles. The smallest absolute Gasteiger partial charge is 0.119 e. The van der Waals surface area contributed by atoms with Gasteiger partial charge in [-0.1, -0.05) is 54.6 Å². The molecule has 130 valence electrons.